The number of amides is 1. The first-order valence-corrected chi connectivity index (χ1v) is 9.19. The Bertz CT molecular complexity index is 736. The van der Waals surface area contributed by atoms with Gasteiger partial charge in [0.15, 0.2) is 11.6 Å². The van der Waals surface area contributed by atoms with Crippen molar-refractivity contribution in [3.05, 3.63) is 23.4 Å². The van der Waals surface area contributed by atoms with Crippen molar-refractivity contribution in [2.45, 2.75) is 70.3 Å². The minimum Gasteiger partial charge on any atom is -0.339 e. The fourth-order valence-electron chi connectivity index (χ4n) is 3.29. The molecule has 2 aromatic heterocycles. The lowest BCUT2D eigenvalue weighted by molar-refractivity contribution is -0.132. The van der Waals surface area contributed by atoms with Gasteiger partial charge in [-0.2, -0.15) is 9.97 Å². The topological polar surface area (TPSA) is 98.2 Å². The lowest BCUT2D eigenvalue weighted by atomic mass is 10.2. The predicted octanol–water partition coefficient (Wildman–Crippen LogP) is 2.58. The van der Waals surface area contributed by atoms with Gasteiger partial charge in [0.05, 0.1) is 6.04 Å². The third-order valence-corrected chi connectivity index (χ3v) is 4.79. The van der Waals surface area contributed by atoms with Crippen molar-refractivity contribution < 1.29 is 13.8 Å². The van der Waals surface area contributed by atoms with E-state index in [4.69, 9.17) is 9.05 Å². The molecule has 25 heavy (non-hydrogen) atoms. The number of aromatic nitrogens is 4. The molecule has 8 nitrogen and oxygen atoms in total. The summed E-state index contributed by atoms with van der Waals surface area (Å²) in [5.74, 6) is 3.13. The van der Waals surface area contributed by atoms with E-state index in [1.165, 1.54) is 0 Å². The number of carbonyl (C=O) groups excluding carboxylic acids is 1. The van der Waals surface area contributed by atoms with Crippen LogP contribution in [0.5, 0.6) is 0 Å². The third-order valence-electron chi connectivity index (χ3n) is 4.79. The smallest absolute Gasteiger partial charge is 0.229 e. The van der Waals surface area contributed by atoms with E-state index < -0.39 is 0 Å². The van der Waals surface area contributed by atoms with Gasteiger partial charge in [-0.15, -0.1) is 0 Å². The van der Waals surface area contributed by atoms with Gasteiger partial charge in [0.25, 0.3) is 0 Å². The molecule has 2 aromatic rings. The first-order valence-electron chi connectivity index (χ1n) is 9.19. The summed E-state index contributed by atoms with van der Waals surface area (Å²) in [6, 6.07) is -0.0675. The maximum Gasteiger partial charge on any atom is 0.229 e. The predicted molar refractivity (Wildman–Crippen MR) is 86.6 cm³/mol. The van der Waals surface area contributed by atoms with Crippen molar-refractivity contribution in [3.8, 4) is 0 Å². The molecule has 1 saturated carbocycles. The average molecular weight is 345 g/mol. The standard InChI is InChI=1S/C17H23N5O3/c1-2-4-13-18-14(24-20-13)8-9-15(23)22-10-3-5-12(22)16-19-17(25-21-16)11-6-7-11/h11-12H,2-10H2,1H3/t12-/m1/s1. The van der Waals surface area contributed by atoms with Gasteiger partial charge < -0.3 is 13.9 Å². The fourth-order valence-corrected chi connectivity index (χ4v) is 3.29. The molecule has 4 rings (SSSR count). The van der Waals surface area contributed by atoms with E-state index in [-0.39, 0.29) is 11.9 Å². The Balaban J connectivity index is 1.36. The highest BCUT2D eigenvalue weighted by Gasteiger charge is 2.35. The number of hydrogen-bond acceptors (Lipinski definition) is 7. The molecule has 0 spiro atoms. The van der Waals surface area contributed by atoms with Crippen LogP contribution in [0.25, 0.3) is 0 Å². The molecule has 1 aliphatic carbocycles. The van der Waals surface area contributed by atoms with Crippen molar-refractivity contribution in [2.75, 3.05) is 6.54 Å². The Kier molecular flexibility index (Phi) is 4.50. The van der Waals surface area contributed by atoms with E-state index in [9.17, 15) is 4.79 Å². The van der Waals surface area contributed by atoms with Crippen molar-refractivity contribution in [1.29, 1.82) is 0 Å². The van der Waals surface area contributed by atoms with Crippen LogP contribution >= 0.6 is 0 Å². The van der Waals surface area contributed by atoms with Crippen LogP contribution in [-0.4, -0.2) is 37.6 Å². The van der Waals surface area contributed by atoms with Gasteiger partial charge in [-0.1, -0.05) is 17.2 Å². The molecule has 0 aromatic carbocycles. The zero-order valence-electron chi connectivity index (χ0n) is 14.5. The van der Waals surface area contributed by atoms with Gasteiger partial charge in [0, 0.05) is 31.7 Å². The summed E-state index contributed by atoms with van der Waals surface area (Å²) in [5.41, 5.74) is 0. The van der Waals surface area contributed by atoms with Crippen LogP contribution in [-0.2, 0) is 17.6 Å². The van der Waals surface area contributed by atoms with E-state index in [0.29, 0.717) is 36.3 Å². The highest BCUT2D eigenvalue weighted by molar-refractivity contribution is 5.77. The van der Waals surface area contributed by atoms with Crippen molar-refractivity contribution in [1.82, 2.24) is 25.2 Å². The Morgan fingerprint density at radius 3 is 2.84 bits per heavy atom. The summed E-state index contributed by atoms with van der Waals surface area (Å²) in [6.45, 7) is 2.81. The number of rotatable bonds is 7. The molecule has 0 bridgehead atoms. The van der Waals surface area contributed by atoms with Gasteiger partial charge >= 0.3 is 0 Å². The number of nitrogens with zero attached hydrogens (tertiary/aromatic N) is 5. The van der Waals surface area contributed by atoms with Gasteiger partial charge in [0.1, 0.15) is 0 Å². The summed E-state index contributed by atoms with van der Waals surface area (Å²) in [5, 5.41) is 8.04. The van der Waals surface area contributed by atoms with E-state index in [1.807, 2.05) is 4.90 Å². The lowest BCUT2D eigenvalue weighted by Crippen LogP contribution is -2.31. The van der Waals surface area contributed by atoms with Crippen LogP contribution in [0, 0.1) is 0 Å². The molecule has 2 fully saturated rings. The molecule has 2 aliphatic rings. The Morgan fingerprint density at radius 1 is 1.16 bits per heavy atom. The van der Waals surface area contributed by atoms with Crippen LogP contribution in [0.4, 0.5) is 0 Å². The second kappa shape index (κ2) is 6.93. The van der Waals surface area contributed by atoms with E-state index in [2.05, 4.69) is 27.2 Å². The largest absolute Gasteiger partial charge is 0.339 e. The summed E-state index contributed by atoms with van der Waals surface area (Å²) in [6.07, 6.45) is 6.70. The van der Waals surface area contributed by atoms with Crippen LogP contribution in [0.2, 0.25) is 0 Å². The van der Waals surface area contributed by atoms with Gasteiger partial charge in [-0.05, 0) is 32.1 Å². The van der Waals surface area contributed by atoms with Crippen molar-refractivity contribution in [2.24, 2.45) is 0 Å². The van der Waals surface area contributed by atoms with Crippen molar-refractivity contribution in [3.63, 3.8) is 0 Å². The second-order valence-corrected chi connectivity index (χ2v) is 6.86. The Labute approximate surface area is 146 Å². The van der Waals surface area contributed by atoms with Crippen LogP contribution in [0.15, 0.2) is 9.05 Å². The van der Waals surface area contributed by atoms with E-state index in [1.54, 1.807) is 0 Å². The Morgan fingerprint density at radius 2 is 2.04 bits per heavy atom. The molecule has 3 heterocycles. The minimum atomic E-state index is -0.0675. The van der Waals surface area contributed by atoms with Crippen LogP contribution in [0.1, 0.15) is 80.8 Å². The van der Waals surface area contributed by atoms with E-state index in [0.717, 1.165) is 51.0 Å². The molecule has 0 unspecified atom stereocenters. The number of likely N-dealkylation sites (tertiary alicyclic amines) is 1. The molecule has 134 valence electrons. The summed E-state index contributed by atoms with van der Waals surface area (Å²) >= 11 is 0. The minimum absolute atomic E-state index is 0.0675. The maximum absolute atomic E-state index is 12.6. The quantitative estimate of drug-likeness (QED) is 0.760. The zero-order chi connectivity index (χ0) is 17.2. The number of hydrogen-bond donors (Lipinski definition) is 0. The SMILES string of the molecule is CCCc1noc(CCC(=O)N2CCC[C@@H]2c2noc(C3CC3)n2)n1. The highest BCUT2D eigenvalue weighted by Crippen LogP contribution is 2.40. The molecular weight excluding hydrogens is 322 g/mol. The molecular formula is C17H23N5O3. The third kappa shape index (κ3) is 3.57. The van der Waals surface area contributed by atoms with Crippen molar-refractivity contribution >= 4 is 5.91 Å². The number of aryl methyl sites for hydroxylation is 2. The number of carbonyl (C=O) groups is 1. The first-order chi connectivity index (χ1) is 12.2. The fraction of sp³-hybridized carbons (Fsp3) is 0.706. The molecule has 1 amide bonds. The van der Waals surface area contributed by atoms with Crippen LogP contribution in [0.3, 0.4) is 0 Å². The van der Waals surface area contributed by atoms with Gasteiger partial charge in [-0.25, -0.2) is 0 Å². The molecule has 0 N–H and O–H groups in total. The normalized spacial score (nSPS) is 20.4. The first kappa shape index (κ1) is 16.2. The summed E-state index contributed by atoms with van der Waals surface area (Å²) in [4.78, 5) is 23.3. The molecule has 8 heteroatoms. The molecule has 0 radical (unpaired) electrons. The molecule has 1 saturated heterocycles. The monoisotopic (exact) mass is 345 g/mol. The van der Waals surface area contributed by atoms with E-state index >= 15 is 0 Å². The molecule has 1 atom stereocenters. The summed E-state index contributed by atoms with van der Waals surface area (Å²) < 4.78 is 10.6. The van der Waals surface area contributed by atoms with Gasteiger partial charge in [0.2, 0.25) is 17.7 Å². The maximum atomic E-state index is 12.6. The zero-order valence-corrected chi connectivity index (χ0v) is 14.5. The lowest BCUT2D eigenvalue weighted by Gasteiger charge is -2.21. The molecule has 1 aliphatic heterocycles. The average Bonchev–Trinajstić information content (AvgIpc) is 3.05. The van der Waals surface area contributed by atoms with Crippen LogP contribution < -0.4 is 0 Å². The Hall–Kier alpha value is -2.25. The summed E-state index contributed by atoms with van der Waals surface area (Å²) in [7, 11) is 0. The second-order valence-electron chi connectivity index (χ2n) is 6.86. The van der Waals surface area contributed by atoms with Gasteiger partial charge in [-0.3, -0.25) is 4.79 Å². The highest BCUT2D eigenvalue weighted by atomic mass is 16.5.